The van der Waals surface area contributed by atoms with Crippen molar-refractivity contribution in [1.82, 2.24) is 4.90 Å². The van der Waals surface area contributed by atoms with Crippen LogP contribution in [0.3, 0.4) is 0 Å². The van der Waals surface area contributed by atoms with Crippen LogP contribution in [0, 0.1) is 5.92 Å². The van der Waals surface area contributed by atoms with Gasteiger partial charge >= 0.3 is 0 Å². The molecular weight excluding hydrogens is 466 g/mol. The van der Waals surface area contributed by atoms with E-state index < -0.39 is 0 Å². The van der Waals surface area contributed by atoms with E-state index in [1.165, 1.54) is 141 Å². The molecule has 1 aliphatic rings. The van der Waals surface area contributed by atoms with E-state index in [2.05, 4.69) is 50.2 Å². The van der Waals surface area contributed by atoms with Crippen molar-refractivity contribution in [3.63, 3.8) is 0 Å². The number of rotatable bonds is 28. The summed E-state index contributed by atoms with van der Waals surface area (Å²) in [6, 6.07) is 0. The van der Waals surface area contributed by atoms with Crippen LogP contribution in [0.25, 0.3) is 0 Å². The fraction of sp³-hybridized carbons (Fsp3) is 0.829. The normalized spacial score (nSPS) is 14.7. The van der Waals surface area contributed by atoms with Gasteiger partial charge in [-0.05, 0) is 71.5 Å². The number of hydrogen-bond acceptors (Lipinski definition) is 3. The summed E-state index contributed by atoms with van der Waals surface area (Å²) >= 11 is 0. The number of unbranched alkanes of at least 4 members (excludes halogenated alkanes) is 15. The van der Waals surface area contributed by atoms with Crippen LogP contribution in [0.1, 0.15) is 155 Å². The van der Waals surface area contributed by atoms with Gasteiger partial charge in [-0.25, -0.2) is 0 Å². The van der Waals surface area contributed by atoms with Crippen LogP contribution < -0.4 is 0 Å². The van der Waals surface area contributed by atoms with E-state index in [1.54, 1.807) is 12.5 Å². The minimum Gasteiger partial charge on any atom is -0.459 e. The molecule has 1 atom stereocenters. The molecule has 0 spiro atoms. The molecule has 1 aliphatic heterocycles. The Balaban J connectivity index is 1.93. The Hall–Kier alpha value is -1.22. The zero-order chi connectivity index (χ0) is 27.4. The second kappa shape index (κ2) is 27.4. The van der Waals surface area contributed by atoms with E-state index >= 15 is 0 Å². The first-order valence-electron chi connectivity index (χ1n) is 16.6. The van der Waals surface area contributed by atoms with Gasteiger partial charge in [-0.15, -0.1) is 0 Å². The van der Waals surface area contributed by atoms with Gasteiger partial charge < -0.3 is 14.4 Å². The first-order chi connectivity index (χ1) is 18.7. The van der Waals surface area contributed by atoms with Crippen molar-refractivity contribution < 1.29 is 9.47 Å². The van der Waals surface area contributed by atoms with E-state index in [-0.39, 0.29) is 6.29 Å². The second-order valence-corrected chi connectivity index (χ2v) is 11.9. The summed E-state index contributed by atoms with van der Waals surface area (Å²) in [6.45, 7) is 3.51. The highest BCUT2D eigenvalue weighted by Crippen LogP contribution is 2.23. The first-order valence-corrected chi connectivity index (χ1v) is 16.6. The average Bonchev–Trinajstić information content (AvgIpc) is 3.43. The van der Waals surface area contributed by atoms with Crippen LogP contribution in [-0.2, 0) is 9.47 Å². The van der Waals surface area contributed by atoms with Crippen LogP contribution in [0.4, 0.5) is 0 Å². The fourth-order valence-corrected chi connectivity index (χ4v) is 5.33. The van der Waals surface area contributed by atoms with Gasteiger partial charge in [0.2, 0.25) is 6.29 Å². The summed E-state index contributed by atoms with van der Waals surface area (Å²) in [5.41, 5.74) is 0. The first kappa shape index (κ1) is 34.8. The molecule has 0 aromatic rings. The number of ether oxygens (including phenoxy) is 2. The predicted molar refractivity (Wildman–Crippen MR) is 167 cm³/mol. The molecule has 0 radical (unpaired) electrons. The fourth-order valence-electron chi connectivity index (χ4n) is 5.33. The van der Waals surface area contributed by atoms with E-state index in [4.69, 9.17) is 9.47 Å². The molecule has 0 saturated heterocycles. The molecule has 222 valence electrons. The maximum absolute atomic E-state index is 5.35. The van der Waals surface area contributed by atoms with E-state index in [9.17, 15) is 0 Å². The number of nitrogens with zero attached hydrogens (tertiary/aromatic N) is 1. The summed E-state index contributed by atoms with van der Waals surface area (Å²) in [7, 11) is 4.44. The quantitative estimate of drug-likeness (QED) is 0.0740. The van der Waals surface area contributed by atoms with E-state index in [0.717, 1.165) is 18.8 Å². The van der Waals surface area contributed by atoms with Crippen molar-refractivity contribution >= 4 is 0 Å². The average molecular weight is 532 g/mol. The summed E-state index contributed by atoms with van der Waals surface area (Å²) in [5.74, 6) is 0.930. The smallest absolute Gasteiger partial charge is 0.239 e. The van der Waals surface area contributed by atoms with Crippen molar-refractivity contribution in [1.29, 1.82) is 0 Å². The third-order valence-electron chi connectivity index (χ3n) is 7.87. The van der Waals surface area contributed by atoms with Gasteiger partial charge in [0, 0.05) is 6.42 Å². The summed E-state index contributed by atoms with van der Waals surface area (Å²) in [5, 5.41) is 0. The Labute approximate surface area is 238 Å². The second-order valence-electron chi connectivity index (χ2n) is 11.9. The maximum Gasteiger partial charge on any atom is 0.239 e. The van der Waals surface area contributed by atoms with Crippen molar-refractivity contribution in [2.75, 3.05) is 20.6 Å². The highest BCUT2D eigenvalue weighted by Gasteiger charge is 2.11. The van der Waals surface area contributed by atoms with Crippen molar-refractivity contribution in [2.45, 2.75) is 161 Å². The van der Waals surface area contributed by atoms with Crippen molar-refractivity contribution in [2.24, 2.45) is 5.92 Å². The van der Waals surface area contributed by atoms with Gasteiger partial charge in [0.25, 0.3) is 0 Å². The lowest BCUT2D eigenvalue weighted by molar-refractivity contribution is -0.0295. The van der Waals surface area contributed by atoms with Crippen LogP contribution in [-0.4, -0.2) is 31.8 Å². The third kappa shape index (κ3) is 23.9. The van der Waals surface area contributed by atoms with Crippen molar-refractivity contribution in [3.8, 4) is 0 Å². The molecule has 1 heterocycles. The topological polar surface area (TPSA) is 21.7 Å². The minimum absolute atomic E-state index is 0.0164. The Bertz CT molecular complexity index is 560. The zero-order valence-corrected chi connectivity index (χ0v) is 25.9. The SMILES string of the molecule is CCCCC/C=C\C/C=C\CCCCCCCCCC(CCCCCCCCC1OC=CO1)CCN(C)C. The molecule has 1 unspecified atom stereocenters. The molecule has 0 amide bonds. The lowest BCUT2D eigenvalue weighted by atomic mass is 9.91. The van der Waals surface area contributed by atoms with Crippen molar-refractivity contribution in [3.05, 3.63) is 36.8 Å². The lowest BCUT2D eigenvalue weighted by Gasteiger charge is -2.19. The third-order valence-corrected chi connectivity index (χ3v) is 7.87. The largest absolute Gasteiger partial charge is 0.459 e. The molecule has 3 heteroatoms. The molecule has 0 bridgehead atoms. The Morgan fingerprint density at radius 3 is 1.66 bits per heavy atom. The molecule has 0 fully saturated rings. The van der Waals surface area contributed by atoms with Gasteiger partial charge in [-0.2, -0.15) is 0 Å². The van der Waals surface area contributed by atoms with E-state index in [1.807, 2.05) is 0 Å². The highest BCUT2D eigenvalue weighted by atomic mass is 16.7. The van der Waals surface area contributed by atoms with Gasteiger partial charge in [0.1, 0.15) is 12.5 Å². The van der Waals surface area contributed by atoms with Gasteiger partial charge in [0.15, 0.2) is 0 Å². The summed E-state index contributed by atoms with van der Waals surface area (Å²) in [6.07, 6.45) is 43.7. The van der Waals surface area contributed by atoms with Gasteiger partial charge in [0.05, 0.1) is 0 Å². The number of hydrogen-bond donors (Lipinski definition) is 0. The molecular formula is C35H65NO2. The molecule has 1 rings (SSSR count). The van der Waals surface area contributed by atoms with Crippen LogP contribution in [0.2, 0.25) is 0 Å². The van der Waals surface area contributed by atoms with Gasteiger partial charge in [-0.1, -0.05) is 128 Å². The number of allylic oxidation sites excluding steroid dienone is 4. The molecule has 0 aromatic heterocycles. The van der Waals surface area contributed by atoms with Gasteiger partial charge in [-0.3, -0.25) is 0 Å². The van der Waals surface area contributed by atoms with Crippen LogP contribution >= 0.6 is 0 Å². The Morgan fingerprint density at radius 1 is 0.605 bits per heavy atom. The standard InChI is InChI=1S/C35H65NO2/c1-4-5-6-7-8-9-10-11-12-13-14-15-16-17-18-21-24-27-34(30-31-36(2)3)28-25-22-19-20-23-26-29-35-37-32-33-38-35/h8-9,11-12,32-35H,4-7,10,13-31H2,1-3H3/b9-8-,12-11-. The lowest BCUT2D eigenvalue weighted by Crippen LogP contribution is -2.17. The molecule has 3 nitrogen and oxygen atoms in total. The Morgan fingerprint density at radius 2 is 1.11 bits per heavy atom. The molecule has 0 aliphatic carbocycles. The summed E-state index contributed by atoms with van der Waals surface area (Å²) in [4.78, 5) is 2.36. The Kier molecular flexibility index (Phi) is 25.1. The molecule has 0 N–H and O–H groups in total. The van der Waals surface area contributed by atoms with Crippen LogP contribution in [0.5, 0.6) is 0 Å². The molecule has 0 aromatic carbocycles. The van der Waals surface area contributed by atoms with Crippen LogP contribution in [0.15, 0.2) is 36.8 Å². The molecule has 0 saturated carbocycles. The minimum atomic E-state index is -0.0164. The highest BCUT2D eigenvalue weighted by molar-refractivity contribution is 4.92. The summed E-state index contributed by atoms with van der Waals surface area (Å²) < 4.78 is 10.7. The maximum atomic E-state index is 5.35. The van der Waals surface area contributed by atoms with E-state index in [0.29, 0.717) is 0 Å². The monoisotopic (exact) mass is 532 g/mol. The zero-order valence-electron chi connectivity index (χ0n) is 25.9. The predicted octanol–water partition coefficient (Wildman–Crippen LogP) is 11.1. The molecule has 38 heavy (non-hydrogen) atoms.